The average Bonchev–Trinajstić information content (AvgIpc) is 3.26. The van der Waals surface area contributed by atoms with Gasteiger partial charge in [-0.2, -0.15) is 4.31 Å². The van der Waals surface area contributed by atoms with E-state index in [0.29, 0.717) is 43.7 Å². The summed E-state index contributed by atoms with van der Waals surface area (Å²) in [6.07, 6.45) is 2.77. The molecular weight excluding hydrogens is 428 g/mol. The van der Waals surface area contributed by atoms with E-state index in [1.54, 1.807) is 41.3 Å². The van der Waals surface area contributed by atoms with Crippen LogP contribution >= 0.6 is 0 Å². The van der Waals surface area contributed by atoms with Gasteiger partial charge in [0.25, 0.3) is 5.91 Å². The van der Waals surface area contributed by atoms with Crippen LogP contribution in [0.2, 0.25) is 0 Å². The summed E-state index contributed by atoms with van der Waals surface area (Å²) in [6, 6.07) is 14.1. The van der Waals surface area contributed by atoms with Gasteiger partial charge in [0.2, 0.25) is 15.9 Å². The number of piperidine rings is 1. The largest absolute Gasteiger partial charge is 0.340 e. The van der Waals surface area contributed by atoms with Crippen LogP contribution in [0.1, 0.15) is 36.0 Å². The van der Waals surface area contributed by atoms with Gasteiger partial charge in [0.1, 0.15) is 6.04 Å². The molecule has 0 bridgehead atoms. The summed E-state index contributed by atoms with van der Waals surface area (Å²) in [6.45, 7) is 1.35. The smallest absolute Gasteiger partial charge is 0.255 e. The van der Waals surface area contributed by atoms with Gasteiger partial charge in [0.05, 0.1) is 4.90 Å². The van der Waals surface area contributed by atoms with Crippen molar-refractivity contribution in [3.63, 3.8) is 0 Å². The van der Waals surface area contributed by atoms with Crippen LogP contribution in [0.5, 0.6) is 0 Å². The summed E-state index contributed by atoms with van der Waals surface area (Å²) in [7, 11) is -3.85. The van der Waals surface area contributed by atoms with Crippen molar-refractivity contribution in [2.24, 2.45) is 5.73 Å². The van der Waals surface area contributed by atoms with Crippen LogP contribution in [0.15, 0.2) is 59.5 Å². The Morgan fingerprint density at radius 1 is 0.938 bits per heavy atom. The number of carbonyl (C=O) groups excluding carboxylic acids is 2. The first-order valence-corrected chi connectivity index (χ1v) is 12.3. The van der Waals surface area contributed by atoms with Crippen molar-refractivity contribution in [3.05, 3.63) is 60.2 Å². The fraction of sp³-hybridized carbons (Fsp3) is 0.391. The summed E-state index contributed by atoms with van der Waals surface area (Å²) in [4.78, 5) is 27.2. The molecule has 2 aromatic carbocycles. The Morgan fingerprint density at radius 3 is 2.31 bits per heavy atom. The van der Waals surface area contributed by atoms with Gasteiger partial charge in [-0.1, -0.05) is 24.6 Å². The topological polar surface area (TPSA) is 113 Å². The van der Waals surface area contributed by atoms with Gasteiger partial charge < -0.3 is 16.0 Å². The van der Waals surface area contributed by atoms with E-state index in [1.165, 1.54) is 16.4 Å². The van der Waals surface area contributed by atoms with E-state index in [1.807, 2.05) is 6.07 Å². The number of amides is 2. The Kier molecular flexibility index (Phi) is 6.59. The Bertz CT molecular complexity index is 1070. The Labute approximate surface area is 188 Å². The molecule has 2 aliphatic heterocycles. The van der Waals surface area contributed by atoms with E-state index in [2.05, 4.69) is 5.32 Å². The lowest BCUT2D eigenvalue weighted by Gasteiger charge is -2.35. The van der Waals surface area contributed by atoms with Gasteiger partial charge >= 0.3 is 0 Å². The first-order valence-electron chi connectivity index (χ1n) is 10.9. The SMILES string of the molecule is N[C@H]1CCN(C(=O)[C@@H]2CCCCN2S(=O)(=O)c2ccc(NC(=O)c3ccccc3)cc2)C1. The number of anilines is 1. The van der Waals surface area contributed by atoms with Crippen molar-refractivity contribution in [2.45, 2.75) is 42.7 Å². The molecule has 0 spiro atoms. The highest BCUT2D eigenvalue weighted by molar-refractivity contribution is 7.89. The number of sulfonamides is 1. The molecule has 0 aliphatic carbocycles. The Hall–Kier alpha value is -2.75. The van der Waals surface area contributed by atoms with Crippen LogP contribution in [-0.2, 0) is 14.8 Å². The van der Waals surface area contributed by atoms with Crippen LogP contribution in [0.25, 0.3) is 0 Å². The van der Waals surface area contributed by atoms with E-state index in [0.717, 1.165) is 12.8 Å². The number of likely N-dealkylation sites (tertiary alicyclic amines) is 1. The van der Waals surface area contributed by atoms with Crippen molar-refractivity contribution >= 4 is 27.5 Å². The predicted octanol–water partition coefficient (Wildman–Crippen LogP) is 2.04. The summed E-state index contributed by atoms with van der Waals surface area (Å²) in [5.41, 5.74) is 6.94. The second kappa shape index (κ2) is 9.40. The summed E-state index contributed by atoms with van der Waals surface area (Å²) >= 11 is 0. The monoisotopic (exact) mass is 456 g/mol. The maximum absolute atomic E-state index is 13.4. The molecule has 0 saturated carbocycles. The predicted molar refractivity (Wildman–Crippen MR) is 122 cm³/mol. The molecule has 170 valence electrons. The first-order chi connectivity index (χ1) is 15.4. The Morgan fingerprint density at radius 2 is 1.66 bits per heavy atom. The molecule has 2 saturated heterocycles. The highest BCUT2D eigenvalue weighted by Gasteiger charge is 2.40. The molecule has 0 unspecified atom stereocenters. The molecule has 2 aliphatic rings. The van der Waals surface area contributed by atoms with Crippen LogP contribution < -0.4 is 11.1 Å². The summed E-state index contributed by atoms with van der Waals surface area (Å²) < 4.78 is 28.1. The van der Waals surface area contributed by atoms with Crippen LogP contribution in [0, 0.1) is 0 Å². The van der Waals surface area contributed by atoms with Crippen molar-refractivity contribution in [1.82, 2.24) is 9.21 Å². The standard InChI is InChI=1S/C23H28N4O4S/c24-18-13-15-26(16-18)23(29)21-8-4-5-14-27(21)32(30,31)20-11-9-19(10-12-20)25-22(28)17-6-2-1-3-7-17/h1-3,6-7,9-12,18,21H,4-5,8,13-16,24H2,(H,25,28)/t18-,21-/m0/s1. The third kappa shape index (κ3) is 4.69. The molecule has 3 N–H and O–H groups in total. The molecule has 2 aromatic rings. The van der Waals surface area contributed by atoms with Crippen molar-refractivity contribution in [1.29, 1.82) is 0 Å². The molecular formula is C23H28N4O4S. The fourth-order valence-corrected chi connectivity index (χ4v) is 5.93. The maximum atomic E-state index is 13.4. The van der Waals surface area contributed by atoms with E-state index >= 15 is 0 Å². The van der Waals surface area contributed by atoms with E-state index < -0.39 is 16.1 Å². The minimum atomic E-state index is -3.85. The summed E-state index contributed by atoms with van der Waals surface area (Å²) in [5, 5.41) is 2.76. The number of nitrogens with one attached hydrogen (secondary N) is 1. The second-order valence-corrected chi connectivity index (χ2v) is 10.2. The highest BCUT2D eigenvalue weighted by atomic mass is 32.2. The Balaban J connectivity index is 1.50. The van der Waals surface area contributed by atoms with E-state index in [4.69, 9.17) is 5.73 Å². The van der Waals surface area contributed by atoms with Crippen LogP contribution in [-0.4, -0.2) is 61.2 Å². The van der Waals surface area contributed by atoms with Crippen molar-refractivity contribution in [2.75, 3.05) is 25.0 Å². The molecule has 8 nitrogen and oxygen atoms in total. The minimum Gasteiger partial charge on any atom is -0.340 e. The van der Waals surface area contributed by atoms with Crippen LogP contribution in [0.4, 0.5) is 5.69 Å². The average molecular weight is 457 g/mol. The number of nitrogens with two attached hydrogens (primary N) is 1. The van der Waals surface area contributed by atoms with Gasteiger partial charge in [-0.15, -0.1) is 0 Å². The zero-order valence-corrected chi connectivity index (χ0v) is 18.6. The normalized spacial score (nSPS) is 22.0. The third-order valence-electron chi connectivity index (χ3n) is 6.03. The number of carbonyl (C=O) groups is 2. The molecule has 2 amide bonds. The molecule has 2 atom stereocenters. The number of nitrogens with zero attached hydrogens (tertiary/aromatic N) is 2. The van der Waals surface area contributed by atoms with Gasteiger partial charge in [-0.3, -0.25) is 9.59 Å². The van der Waals surface area contributed by atoms with Crippen molar-refractivity contribution in [3.8, 4) is 0 Å². The van der Waals surface area contributed by atoms with Crippen LogP contribution in [0.3, 0.4) is 0 Å². The quantitative estimate of drug-likeness (QED) is 0.715. The van der Waals surface area contributed by atoms with Gasteiger partial charge in [-0.05, 0) is 55.7 Å². The van der Waals surface area contributed by atoms with Gasteiger partial charge in [-0.25, -0.2) is 8.42 Å². The molecule has 4 rings (SSSR count). The number of hydrogen-bond acceptors (Lipinski definition) is 5. The number of hydrogen-bond donors (Lipinski definition) is 2. The zero-order chi connectivity index (χ0) is 22.7. The van der Waals surface area contributed by atoms with E-state index in [-0.39, 0.29) is 22.8 Å². The fourth-order valence-electron chi connectivity index (χ4n) is 4.28. The lowest BCUT2D eigenvalue weighted by molar-refractivity contribution is -0.135. The van der Waals surface area contributed by atoms with Gasteiger partial charge in [0, 0.05) is 36.9 Å². The third-order valence-corrected chi connectivity index (χ3v) is 7.95. The zero-order valence-electron chi connectivity index (χ0n) is 17.8. The molecule has 32 heavy (non-hydrogen) atoms. The lowest BCUT2D eigenvalue weighted by atomic mass is 10.0. The van der Waals surface area contributed by atoms with Crippen molar-refractivity contribution < 1.29 is 18.0 Å². The lowest BCUT2D eigenvalue weighted by Crippen LogP contribution is -2.52. The maximum Gasteiger partial charge on any atom is 0.255 e. The molecule has 0 aromatic heterocycles. The molecule has 2 fully saturated rings. The molecule has 0 radical (unpaired) electrons. The summed E-state index contributed by atoms with van der Waals surface area (Å²) in [5.74, 6) is -0.431. The second-order valence-electron chi connectivity index (χ2n) is 8.30. The number of rotatable bonds is 5. The van der Waals surface area contributed by atoms with Gasteiger partial charge in [0.15, 0.2) is 0 Å². The number of benzene rings is 2. The minimum absolute atomic E-state index is 0.0498. The molecule has 2 heterocycles. The highest BCUT2D eigenvalue weighted by Crippen LogP contribution is 2.28. The molecule has 9 heteroatoms. The van der Waals surface area contributed by atoms with E-state index in [9.17, 15) is 18.0 Å². The first kappa shape index (κ1) is 22.4.